The first kappa shape index (κ1) is 15.5. The largest absolute Gasteiger partial charge is 0.490 e. The zero-order chi connectivity index (χ0) is 16.6. The zero-order valence-electron chi connectivity index (χ0n) is 15.0. The van der Waals surface area contributed by atoms with Gasteiger partial charge in [0.1, 0.15) is 5.75 Å². The van der Waals surface area contributed by atoms with E-state index in [0.717, 1.165) is 18.3 Å². The second-order valence-corrected chi connectivity index (χ2v) is 8.01. The zero-order valence-corrected chi connectivity index (χ0v) is 15.0. The molecule has 2 aliphatic heterocycles. The second kappa shape index (κ2) is 6.53. The number of aromatic amines is 1. The van der Waals surface area contributed by atoms with Crippen LogP contribution in [0, 0.1) is 0 Å². The van der Waals surface area contributed by atoms with E-state index in [0.29, 0.717) is 6.10 Å². The molecule has 3 heteroatoms. The van der Waals surface area contributed by atoms with E-state index >= 15 is 0 Å². The molecule has 1 aliphatic carbocycles. The molecule has 5 rings (SSSR count). The molecule has 0 unspecified atom stereocenters. The third kappa shape index (κ3) is 2.99. The van der Waals surface area contributed by atoms with Gasteiger partial charge >= 0.3 is 0 Å². The number of hydrogen-bond donors (Lipinski definition) is 1. The van der Waals surface area contributed by atoms with E-state index in [4.69, 9.17) is 4.74 Å². The lowest BCUT2D eigenvalue weighted by Crippen LogP contribution is -2.32. The summed E-state index contributed by atoms with van der Waals surface area (Å²) in [6, 6.07) is 7.33. The summed E-state index contributed by atoms with van der Waals surface area (Å²) in [5, 5.41) is 1.33. The van der Waals surface area contributed by atoms with Gasteiger partial charge < -0.3 is 9.72 Å². The predicted molar refractivity (Wildman–Crippen MR) is 103 cm³/mol. The highest BCUT2D eigenvalue weighted by molar-refractivity contribution is 5.93. The quantitative estimate of drug-likeness (QED) is 0.841. The second-order valence-electron chi connectivity index (χ2n) is 8.01. The van der Waals surface area contributed by atoms with Crippen LogP contribution in [0.15, 0.2) is 30.5 Å². The lowest BCUT2D eigenvalue weighted by Gasteiger charge is -2.29. The number of nitrogens with one attached hydrogen (secondary N) is 1. The van der Waals surface area contributed by atoms with Gasteiger partial charge in [-0.15, -0.1) is 0 Å². The van der Waals surface area contributed by atoms with Gasteiger partial charge in [-0.05, 0) is 75.3 Å². The van der Waals surface area contributed by atoms with Crippen molar-refractivity contribution in [2.45, 2.75) is 63.5 Å². The minimum atomic E-state index is 0.412. The third-order valence-electron chi connectivity index (χ3n) is 6.38. The summed E-state index contributed by atoms with van der Waals surface area (Å²) in [4.78, 5) is 6.10. The van der Waals surface area contributed by atoms with Gasteiger partial charge in [0.25, 0.3) is 0 Å². The molecule has 2 fully saturated rings. The number of rotatable bonds is 3. The van der Waals surface area contributed by atoms with Gasteiger partial charge in [0.05, 0.1) is 6.10 Å². The molecular weight excluding hydrogens is 308 g/mol. The Morgan fingerprint density at radius 2 is 1.96 bits per heavy atom. The van der Waals surface area contributed by atoms with Crippen molar-refractivity contribution < 1.29 is 4.74 Å². The highest BCUT2D eigenvalue weighted by Gasteiger charge is 2.28. The van der Waals surface area contributed by atoms with Crippen molar-refractivity contribution in [1.29, 1.82) is 0 Å². The molecule has 132 valence electrons. The van der Waals surface area contributed by atoms with Gasteiger partial charge in [-0.25, -0.2) is 0 Å². The number of ether oxygens (including phenoxy) is 1. The van der Waals surface area contributed by atoms with Gasteiger partial charge in [0, 0.05) is 35.2 Å². The molecule has 1 atom stereocenters. The molecule has 0 bridgehead atoms. The minimum absolute atomic E-state index is 0.412. The predicted octanol–water partition coefficient (Wildman–Crippen LogP) is 5.13. The fourth-order valence-corrected chi connectivity index (χ4v) is 4.97. The van der Waals surface area contributed by atoms with E-state index in [2.05, 4.69) is 40.4 Å². The molecule has 2 aromatic rings. The van der Waals surface area contributed by atoms with Gasteiger partial charge in [-0.3, -0.25) is 4.90 Å². The van der Waals surface area contributed by atoms with Gasteiger partial charge in [0.2, 0.25) is 0 Å². The third-order valence-corrected chi connectivity index (χ3v) is 6.38. The van der Waals surface area contributed by atoms with E-state index in [9.17, 15) is 0 Å². The molecule has 0 radical (unpaired) electrons. The normalized spacial score (nSPS) is 25.1. The maximum Gasteiger partial charge on any atom is 0.120 e. The molecule has 3 heterocycles. The van der Waals surface area contributed by atoms with Gasteiger partial charge in [0.15, 0.2) is 0 Å². The van der Waals surface area contributed by atoms with Crippen LogP contribution in [0.2, 0.25) is 0 Å². The Balaban J connectivity index is 1.42. The van der Waals surface area contributed by atoms with E-state index in [1.165, 1.54) is 80.0 Å². The van der Waals surface area contributed by atoms with Crippen LogP contribution in [0.5, 0.6) is 5.75 Å². The standard InChI is InChI=1S/C22H28N2O/c1-2-6-18(7-3-1)25-19-8-9-22-20(14-19)21(15-23-22)16-10-12-24-11-4-5-17(24)13-16/h8-10,14-15,17-18,23H,1-7,11-13H2/t17-/m0/s1. The summed E-state index contributed by atoms with van der Waals surface area (Å²) in [6.45, 7) is 2.40. The van der Waals surface area contributed by atoms with E-state index in [1.807, 2.05) is 0 Å². The molecule has 25 heavy (non-hydrogen) atoms. The van der Waals surface area contributed by atoms with Crippen LogP contribution in [-0.2, 0) is 0 Å². The Morgan fingerprint density at radius 1 is 1.04 bits per heavy atom. The fraction of sp³-hybridized carbons (Fsp3) is 0.545. The summed E-state index contributed by atoms with van der Waals surface area (Å²) in [7, 11) is 0. The number of benzene rings is 1. The molecular formula is C22H28N2O. The molecule has 3 nitrogen and oxygen atoms in total. The molecule has 1 N–H and O–H groups in total. The molecule has 3 aliphatic rings. The van der Waals surface area contributed by atoms with Crippen molar-refractivity contribution in [2.24, 2.45) is 0 Å². The Labute approximate surface area is 150 Å². The van der Waals surface area contributed by atoms with Crippen molar-refractivity contribution in [2.75, 3.05) is 13.1 Å². The highest BCUT2D eigenvalue weighted by atomic mass is 16.5. The van der Waals surface area contributed by atoms with Crippen LogP contribution < -0.4 is 4.74 Å². The number of aromatic nitrogens is 1. The summed E-state index contributed by atoms with van der Waals surface area (Å²) < 4.78 is 6.30. The van der Waals surface area contributed by atoms with Crippen LogP contribution >= 0.6 is 0 Å². The van der Waals surface area contributed by atoms with Crippen LogP contribution in [0.3, 0.4) is 0 Å². The number of H-pyrrole nitrogens is 1. The SMILES string of the molecule is C1=C(c2c[nH]c3ccc(OC4CCCCC4)cc23)C[C@@H]2CCCN2C1. The van der Waals surface area contributed by atoms with Crippen molar-refractivity contribution in [3.8, 4) is 5.75 Å². The number of hydrogen-bond acceptors (Lipinski definition) is 2. The first-order chi connectivity index (χ1) is 12.4. The lowest BCUT2D eigenvalue weighted by molar-refractivity contribution is 0.155. The van der Waals surface area contributed by atoms with Crippen LogP contribution in [0.1, 0.15) is 56.9 Å². The van der Waals surface area contributed by atoms with Gasteiger partial charge in [-0.1, -0.05) is 12.5 Å². The molecule has 1 aromatic carbocycles. The maximum absolute atomic E-state index is 6.30. The first-order valence-corrected chi connectivity index (χ1v) is 10.1. The van der Waals surface area contributed by atoms with Crippen molar-refractivity contribution in [3.05, 3.63) is 36.0 Å². The Morgan fingerprint density at radius 3 is 2.88 bits per heavy atom. The highest BCUT2D eigenvalue weighted by Crippen LogP contribution is 2.36. The maximum atomic E-state index is 6.30. The van der Waals surface area contributed by atoms with Crippen LogP contribution in [-0.4, -0.2) is 35.1 Å². The van der Waals surface area contributed by atoms with Crippen LogP contribution in [0.4, 0.5) is 0 Å². The fourth-order valence-electron chi connectivity index (χ4n) is 4.97. The Bertz CT molecular complexity index is 784. The van der Waals surface area contributed by atoms with Crippen LogP contribution in [0.25, 0.3) is 16.5 Å². The first-order valence-electron chi connectivity index (χ1n) is 10.1. The van der Waals surface area contributed by atoms with Gasteiger partial charge in [-0.2, -0.15) is 0 Å². The average Bonchev–Trinajstić information content (AvgIpc) is 3.28. The van der Waals surface area contributed by atoms with Crippen molar-refractivity contribution in [3.63, 3.8) is 0 Å². The van der Waals surface area contributed by atoms with E-state index in [-0.39, 0.29) is 0 Å². The molecule has 1 saturated carbocycles. The lowest BCUT2D eigenvalue weighted by atomic mass is 9.94. The monoisotopic (exact) mass is 336 g/mol. The molecule has 0 spiro atoms. The Hall–Kier alpha value is -1.74. The summed E-state index contributed by atoms with van der Waals surface area (Å²) in [5.74, 6) is 1.04. The minimum Gasteiger partial charge on any atom is -0.490 e. The number of fused-ring (bicyclic) bond motifs is 2. The number of nitrogens with zero attached hydrogens (tertiary/aromatic N) is 1. The summed E-state index contributed by atoms with van der Waals surface area (Å²) >= 11 is 0. The molecule has 1 aromatic heterocycles. The summed E-state index contributed by atoms with van der Waals surface area (Å²) in [6.07, 6.45) is 15.4. The Kier molecular flexibility index (Phi) is 4.05. The van der Waals surface area contributed by atoms with Crippen molar-refractivity contribution in [1.82, 2.24) is 9.88 Å². The van der Waals surface area contributed by atoms with Crippen molar-refractivity contribution >= 4 is 16.5 Å². The average molecular weight is 336 g/mol. The summed E-state index contributed by atoms with van der Waals surface area (Å²) in [5.41, 5.74) is 4.13. The van der Waals surface area contributed by atoms with E-state index in [1.54, 1.807) is 0 Å². The molecule has 0 amide bonds. The topological polar surface area (TPSA) is 28.3 Å². The van der Waals surface area contributed by atoms with E-state index < -0.39 is 0 Å². The smallest absolute Gasteiger partial charge is 0.120 e. The molecule has 1 saturated heterocycles.